The summed E-state index contributed by atoms with van der Waals surface area (Å²) >= 11 is 0. The van der Waals surface area contributed by atoms with Crippen molar-refractivity contribution in [1.82, 2.24) is 15.2 Å². The van der Waals surface area contributed by atoms with Gasteiger partial charge in [-0.15, -0.1) is 0 Å². The van der Waals surface area contributed by atoms with Crippen LogP contribution < -0.4 is 5.32 Å². The summed E-state index contributed by atoms with van der Waals surface area (Å²) in [7, 11) is 1.77. The van der Waals surface area contributed by atoms with E-state index in [0.717, 1.165) is 31.4 Å². The highest BCUT2D eigenvalue weighted by Gasteiger charge is 2.57. The first-order valence-corrected chi connectivity index (χ1v) is 8.66. The van der Waals surface area contributed by atoms with Gasteiger partial charge < -0.3 is 15.0 Å². The summed E-state index contributed by atoms with van der Waals surface area (Å²) in [5, 5.41) is 2.92. The molecule has 1 saturated heterocycles. The second-order valence-electron chi connectivity index (χ2n) is 6.76. The molecular weight excluding hydrogens is 306 g/mol. The second kappa shape index (κ2) is 7.30. The van der Waals surface area contributed by atoms with Gasteiger partial charge in [-0.2, -0.15) is 0 Å². The molecule has 1 N–H and O–H groups in total. The van der Waals surface area contributed by atoms with Crippen LogP contribution in [0.2, 0.25) is 0 Å². The number of amides is 2. The van der Waals surface area contributed by atoms with Gasteiger partial charge in [-0.3, -0.25) is 14.6 Å². The Morgan fingerprint density at radius 3 is 2.75 bits per heavy atom. The zero-order valence-electron chi connectivity index (χ0n) is 14.2. The number of pyridine rings is 1. The molecule has 6 heteroatoms. The minimum atomic E-state index is -0.842. The van der Waals surface area contributed by atoms with Crippen molar-refractivity contribution in [3.63, 3.8) is 0 Å². The number of hydrogen-bond acceptors (Lipinski definition) is 4. The van der Waals surface area contributed by atoms with Gasteiger partial charge in [0.05, 0.1) is 6.10 Å². The lowest BCUT2D eigenvalue weighted by Gasteiger charge is -2.23. The van der Waals surface area contributed by atoms with Crippen molar-refractivity contribution < 1.29 is 14.3 Å². The molecule has 24 heavy (non-hydrogen) atoms. The van der Waals surface area contributed by atoms with Gasteiger partial charge in [0.15, 0.2) is 0 Å². The van der Waals surface area contributed by atoms with E-state index in [2.05, 4.69) is 10.3 Å². The normalized spacial score (nSPS) is 21.3. The van der Waals surface area contributed by atoms with Gasteiger partial charge in [0.1, 0.15) is 5.41 Å². The van der Waals surface area contributed by atoms with Crippen molar-refractivity contribution >= 4 is 11.8 Å². The Morgan fingerprint density at radius 1 is 1.38 bits per heavy atom. The summed E-state index contributed by atoms with van der Waals surface area (Å²) in [4.78, 5) is 30.9. The van der Waals surface area contributed by atoms with Crippen LogP contribution in [0.1, 0.15) is 31.2 Å². The maximum Gasteiger partial charge on any atom is 0.238 e. The summed E-state index contributed by atoms with van der Waals surface area (Å²) in [6.45, 7) is 1.88. The molecular formula is C18H25N3O3. The van der Waals surface area contributed by atoms with Crippen LogP contribution in [0.5, 0.6) is 0 Å². The van der Waals surface area contributed by atoms with E-state index in [4.69, 9.17) is 4.74 Å². The van der Waals surface area contributed by atoms with Crippen molar-refractivity contribution in [2.45, 2.75) is 38.2 Å². The van der Waals surface area contributed by atoms with Gasteiger partial charge in [0.2, 0.25) is 11.8 Å². The number of ether oxygens (including phenoxy) is 1. The molecule has 1 saturated carbocycles. The fourth-order valence-corrected chi connectivity index (χ4v) is 3.16. The molecule has 1 unspecified atom stereocenters. The summed E-state index contributed by atoms with van der Waals surface area (Å²) in [6.07, 6.45) is 7.67. The second-order valence-corrected chi connectivity index (χ2v) is 6.76. The van der Waals surface area contributed by atoms with E-state index in [1.165, 1.54) is 0 Å². The smallest absolute Gasteiger partial charge is 0.238 e. The summed E-state index contributed by atoms with van der Waals surface area (Å²) in [5.41, 5.74) is 0.295. The zero-order valence-corrected chi connectivity index (χ0v) is 14.2. The van der Waals surface area contributed by atoms with Gasteiger partial charge in [0, 0.05) is 39.1 Å². The van der Waals surface area contributed by atoms with E-state index in [0.29, 0.717) is 25.9 Å². The predicted octanol–water partition coefficient (Wildman–Crippen LogP) is 1.16. The number of aromatic nitrogens is 1. The first-order chi connectivity index (χ1) is 11.6. The molecule has 1 aliphatic heterocycles. The molecule has 2 fully saturated rings. The standard InChI is InChI=1S/C18H25N3O3/c1-21(11-6-14-4-9-19-10-5-14)17(23)18(7-8-18)16(22)20-13-15-3-2-12-24-15/h4-5,9-10,15H,2-3,6-8,11-13H2,1H3,(H,20,22). The van der Waals surface area contributed by atoms with Gasteiger partial charge in [-0.25, -0.2) is 0 Å². The molecule has 3 rings (SSSR count). The lowest BCUT2D eigenvalue weighted by molar-refractivity contribution is -0.143. The molecule has 2 amide bonds. The average Bonchev–Trinajstić information content (AvgIpc) is 3.26. The molecule has 2 aliphatic rings. The van der Waals surface area contributed by atoms with Crippen molar-refractivity contribution in [2.24, 2.45) is 5.41 Å². The highest BCUT2D eigenvalue weighted by molar-refractivity contribution is 6.07. The third-order valence-corrected chi connectivity index (χ3v) is 4.94. The molecule has 0 radical (unpaired) electrons. The molecule has 1 aromatic heterocycles. The first kappa shape index (κ1) is 16.9. The molecule has 1 aliphatic carbocycles. The van der Waals surface area contributed by atoms with Crippen LogP contribution in [0, 0.1) is 5.41 Å². The molecule has 1 aromatic rings. The van der Waals surface area contributed by atoms with Crippen LogP contribution >= 0.6 is 0 Å². The van der Waals surface area contributed by atoms with Crippen LogP contribution in [0.15, 0.2) is 24.5 Å². The van der Waals surface area contributed by atoms with Crippen molar-refractivity contribution in [3.8, 4) is 0 Å². The van der Waals surface area contributed by atoms with Crippen LogP contribution in [-0.2, 0) is 20.7 Å². The number of hydrogen-bond donors (Lipinski definition) is 1. The van der Waals surface area contributed by atoms with E-state index < -0.39 is 5.41 Å². The minimum absolute atomic E-state index is 0.0682. The average molecular weight is 331 g/mol. The third-order valence-electron chi connectivity index (χ3n) is 4.94. The molecule has 6 nitrogen and oxygen atoms in total. The van der Waals surface area contributed by atoms with Gasteiger partial charge in [-0.1, -0.05) is 0 Å². The van der Waals surface area contributed by atoms with Crippen LogP contribution in [0.4, 0.5) is 0 Å². The Balaban J connectivity index is 1.49. The summed E-state index contributed by atoms with van der Waals surface area (Å²) in [5.74, 6) is -0.208. The molecule has 2 heterocycles. The summed E-state index contributed by atoms with van der Waals surface area (Å²) in [6, 6.07) is 3.89. The number of carbonyl (C=O) groups excluding carboxylic acids is 2. The van der Waals surface area contributed by atoms with Crippen molar-refractivity contribution in [3.05, 3.63) is 30.1 Å². The Kier molecular flexibility index (Phi) is 5.14. The zero-order chi connectivity index (χ0) is 17.0. The number of nitrogens with one attached hydrogen (secondary N) is 1. The Morgan fingerprint density at radius 2 is 2.12 bits per heavy atom. The highest BCUT2D eigenvalue weighted by Crippen LogP contribution is 2.47. The van der Waals surface area contributed by atoms with Crippen molar-refractivity contribution in [1.29, 1.82) is 0 Å². The summed E-state index contributed by atoms with van der Waals surface area (Å²) < 4.78 is 5.52. The SMILES string of the molecule is CN(CCc1ccncc1)C(=O)C1(C(=O)NCC2CCCO2)CC1. The molecule has 0 spiro atoms. The van der Waals surface area contributed by atoms with E-state index >= 15 is 0 Å². The largest absolute Gasteiger partial charge is 0.376 e. The number of carbonyl (C=O) groups is 2. The fraction of sp³-hybridized carbons (Fsp3) is 0.611. The molecule has 1 atom stereocenters. The Hall–Kier alpha value is -1.95. The number of nitrogens with zero attached hydrogens (tertiary/aromatic N) is 2. The van der Waals surface area contributed by atoms with Gasteiger partial charge >= 0.3 is 0 Å². The monoisotopic (exact) mass is 331 g/mol. The van der Waals surface area contributed by atoms with Crippen LogP contribution in [0.3, 0.4) is 0 Å². The van der Waals surface area contributed by atoms with Crippen molar-refractivity contribution in [2.75, 3.05) is 26.7 Å². The molecule has 0 bridgehead atoms. The maximum absolute atomic E-state index is 12.7. The van der Waals surface area contributed by atoms with Crippen LogP contribution in [-0.4, -0.2) is 54.5 Å². The van der Waals surface area contributed by atoms with E-state index in [1.807, 2.05) is 12.1 Å². The Labute approximate surface area is 142 Å². The minimum Gasteiger partial charge on any atom is -0.376 e. The fourth-order valence-electron chi connectivity index (χ4n) is 3.16. The Bertz CT molecular complexity index is 580. The van der Waals surface area contributed by atoms with Gasteiger partial charge in [-0.05, 0) is 49.8 Å². The lowest BCUT2D eigenvalue weighted by atomic mass is 10.0. The number of likely N-dealkylation sites (N-methyl/N-ethyl adjacent to an activating group) is 1. The quantitative estimate of drug-likeness (QED) is 0.761. The number of rotatable bonds is 7. The highest BCUT2D eigenvalue weighted by atomic mass is 16.5. The molecule has 0 aromatic carbocycles. The lowest BCUT2D eigenvalue weighted by Crippen LogP contribution is -2.46. The maximum atomic E-state index is 12.7. The van der Waals surface area contributed by atoms with E-state index in [9.17, 15) is 9.59 Å². The van der Waals surface area contributed by atoms with E-state index in [-0.39, 0.29) is 17.9 Å². The van der Waals surface area contributed by atoms with Gasteiger partial charge in [0.25, 0.3) is 0 Å². The molecule has 130 valence electrons. The van der Waals surface area contributed by atoms with Crippen LogP contribution in [0.25, 0.3) is 0 Å². The third kappa shape index (κ3) is 3.75. The topological polar surface area (TPSA) is 71.5 Å². The first-order valence-electron chi connectivity index (χ1n) is 8.66. The predicted molar refractivity (Wildman–Crippen MR) is 89.2 cm³/mol. The van der Waals surface area contributed by atoms with E-state index in [1.54, 1.807) is 24.3 Å².